The third-order valence-corrected chi connectivity index (χ3v) is 7.28. The second-order valence-electron chi connectivity index (χ2n) is 9.60. The van der Waals surface area contributed by atoms with Crippen molar-refractivity contribution in [2.45, 2.75) is 44.9 Å². The molecule has 4 nitrogen and oxygen atoms in total. The van der Waals surface area contributed by atoms with Gasteiger partial charge >= 0.3 is 6.18 Å². The standard InChI is InChI=1S/C26H34ClF3N4/c1-20-17-34(23-8-6-22(27)7-9-23)15-14-33(20)18-21-16-24(10-11-25(21)26(28,29)30)31(2)19-32-12-4-3-5-13-32/h6-11,16,20H,3-5,12-15,17-19H2,1-2H3. The molecule has 0 aliphatic carbocycles. The molecule has 34 heavy (non-hydrogen) atoms. The van der Waals surface area contributed by atoms with Gasteiger partial charge in [-0.1, -0.05) is 18.0 Å². The molecule has 0 N–H and O–H groups in total. The maximum atomic E-state index is 13.9. The normalized spacial score (nSPS) is 20.5. The highest BCUT2D eigenvalue weighted by atomic mass is 35.5. The Morgan fingerprint density at radius 2 is 1.68 bits per heavy atom. The number of nitrogens with zero attached hydrogens (tertiary/aromatic N) is 4. The van der Waals surface area contributed by atoms with Crippen molar-refractivity contribution in [3.63, 3.8) is 0 Å². The number of likely N-dealkylation sites (tertiary alicyclic amines) is 1. The van der Waals surface area contributed by atoms with Gasteiger partial charge in [0.15, 0.2) is 0 Å². The Hall–Kier alpha value is -1.96. The first-order valence-corrected chi connectivity index (χ1v) is 12.5. The highest BCUT2D eigenvalue weighted by Gasteiger charge is 2.35. The van der Waals surface area contributed by atoms with E-state index in [1.165, 1.54) is 25.3 Å². The predicted octanol–water partition coefficient (Wildman–Crippen LogP) is 5.95. The van der Waals surface area contributed by atoms with E-state index in [1.54, 1.807) is 12.1 Å². The quantitative estimate of drug-likeness (QED) is 0.492. The van der Waals surface area contributed by atoms with E-state index >= 15 is 0 Å². The van der Waals surface area contributed by atoms with E-state index in [0.29, 0.717) is 17.1 Å². The van der Waals surface area contributed by atoms with Gasteiger partial charge in [-0.15, -0.1) is 0 Å². The minimum Gasteiger partial charge on any atom is -0.369 e. The van der Waals surface area contributed by atoms with Crippen LogP contribution in [0.2, 0.25) is 5.02 Å². The lowest BCUT2D eigenvalue weighted by atomic mass is 10.0. The summed E-state index contributed by atoms with van der Waals surface area (Å²) in [5.41, 5.74) is 1.74. The summed E-state index contributed by atoms with van der Waals surface area (Å²) in [5, 5.41) is 0.695. The summed E-state index contributed by atoms with van der Waals surface area (Å²) in [5.74, 6) is 0. The minimum atomic E-state index is -4.37. The number of halogens is 4. The number of rotatable bonds is 6. The molecule has 0 amide bonds. The fourth-order valence-corrected chi connectivity index (χ4v) is 5.17. The number of piperidine rings is 1. The maximum absolute atomic E-state index is 13.9. The van der Waals surface area contributed by atoms with Crippen molar-refractivity contribution in [3.05, 3.63) is 58.6 Å². The highest BCUT2D eigenvalue weighted by molar-refractivity contribution is 6.30. The molecule has 0 spiro atoms. The van der Waals surface area contributed by atoms with Crippen LogP contribution in [0.25, 0.3) is 0 Å². The summed E-state index contributed by atoms with van der Waals surface area (Å²) in [6.45, 7) is 7.44. The molecule has 0 bridgehead atoms. The summed E-state index contributed by atoms with van der Waals surface area (Å²) in [6.07, 6.45) is -0.736. The SMILES string of the molecule is CC1CN(c2ccc(Cl)cc2)CCN1Cc1cc(N(C)CN2CCCCC2)ccc1C(F)(F)F. The van der Waals surface area contributed by atoms with Crippen LogP contribution in [0.5, 0.6) is 0 Å². The molecular formula is C26H34ClF3N4. The van der Waals surface area contributed by atoms with Gasteiger partial charge in [-0.25, -0.2) is 0 Å². The molecule has 2 aliphatic rings. The molecule has 0 aromatic heterocycles. The van der Waals surface area contributed by atoms with E-state index in [1.807, 2.05) is 31.3 Å². The van der Waals surface area contributed by atoms with Gasteiger partial charge in [0.25, 0.3) is 0 Å². The van der Waals surface area contributed by atoms with Gasteiger partial charge in [0.05, 0.1) is 12.2 Å². The van der Waals surface area contributed by atoms with Crippen LogP contribution < -0.4 is 9.80 Å². The fourth-order valence-electron chi connectivity index (χ4n) is 5.04. The van der Waals surface area contributed by atoms with Crippen molar-refractivity contribution >= 4 is 23.0 Å². The van der Waals surface area contributed by atoms with Crippen molar-refractivity contribution in [1.29, 1.82) is 0 Å². The van der Waals surface area contributed by atoms with Gasteiger partial charge in [-0.2, -0.15) is 13.2 Å². The van der Waals surface area contributed by atoms with Crippen molar-refractivity contribution in [2.24, 2.45) is 0 Å². The molecule has 186 valence electrons. The first-order chi connectivity index (χ1) is 16.2. The smallest absolute Gasteiger partial charge is 0.369 e. The summed E-state index contributed by atoms with van der Waals surface area (Å²) in [4.78, 5) is 8.87. The Labute approximate surface area is 205 Å². The number of hydrogen-bond acceptors (Lipinski definition) is 4. The zero-order valence-corrected chi connectivity index (χ0v) is 20.7. The molecule has 4 rings (SSSR count). The van der Waals surface area contributed by atoms with Gasteiger partial charge in [0, 0.05) is 55.7 Å². The number of hydrogen-bond donors (Lipinski definition) is 0. The number of alkyl halides is 3. The predicted molar refractivity (Wildman–Crippen MR) is 134 cm³/mol. The highest BCUT2D eigenvalue weighted by Crippen LogP contribution is 2.35. The monoisotopic (exact) mass is 494 g/mol. The molecule has 2 aliphatic heterocycles. The summed E-state index contributed by atoms with van der Waals surface area (Å²) in [6, 6.07) is 12.5. The van der Waals surface area contributed by atoms with E-state index in [0.717, 1.165) is 44.2 Å². The minimum absolute atomic E-state index is 0.125. The lowest BCUT2D eigenvalue weighted by Gasteiger charge is -2.41. The Bertz CT molecular complexity index is 944. The maximum Gasteiger partial charge on any atom is 0.416 e. The van der Waals surface area contributed by atoms with Crippen LogP contribution in [0.1, 0.15) is 37.3 Å². The van der Waals surface area contributed by atoms with E-state index in [-0.39, 0.29) is 12.6 Å². The second kappa shape index (κ2) is 10.8. The molecule has 2 heterocycles. The van der Waals surface area contributed by atoms with Gasteiger partial charge in [-0.3, -0.25) is 9.80 Å². The first kappa shape index (κ1) is 25.1. The molecule has 2 aromatic rings. The van der Waals surface area contributed by atoms with Crippen molar-refractivity contribution in [1.82, 2.24) is 9.80 Å². The third kappa shape index (κ3) is 6.18. The largest absolute Gasteiger partial charge is 0.416 e. The topological polar surface area (TPSA) is 13.0 Å². The first-order valence-electron chi connectivity index (χ1n) is 12.1. The zero-order chi connectivity index (χ0) is 24.3. The fraction of sp³-hybridized carbons (Fsp3) is 0.538. The van der Waals surface area contributed by atoms with Crippen molar-refractivity contribution in [3.8, 4) is 0 Å². The van der Waals surface area contributed by atoms with Crippen LogP contribution >= 0.6 is 11.6 Å². The van der Waals surface area contributed by atoms with Gasteiger partial charge in [-0.05, 0) is 80.9 Å². The van der Waals surface area contributed by atoms with Gasteiger partial charge < -0.3 is 9.80 Å². The van der Waals surface area contributed by atoms with Crippen LogP contribution in [0.15, 0.2) is 42.5 Å². The van der Waals surface area contributed by atoms with Crippen LogP contribution in [-0.2, 0) is 12.7 Å². The Balaban J connectivity index is 1.48. The summed E-state index contributed by atoms with van der Waals surface area (Å²) < 4.78 is 41.6. The molecule has 1 atom stereocenters. The molecule has 2 fully saturated rings. The van der Waals surface area contributed by atoms with Gasteiger partial charge in [0.1, 0.15) is 0 Å². The molecule has 0 saturated carbocycles. The number of piperazine rings is 1. The number of benzene rings is 2. The Morgan fingerprint density at radius 1 is 0.971 bits per heavy atom. The lowest BCUT2D eigenvalue weighted by Crippen LogP contribution is -2.51. The molecule has 0 radical (unpaired) electrons. The zero-order valence-electron chi connectivity index (χ0n) is 20.0. The van der Waals surface area contributed by atoms with E-state index in [4.69, 9.17) is 11.6 Å². The van der Waals surface area contributed by atoms with Crippen molar-refractivity contribution in [2.75, 3.05) is 56.2 Å². The Morgan fingerprint density at radius 3 is 2.32 bits per heavy atom. The average Bonchev–Trinajstić information content (AvgIpc) is 2.81. The summed E-state index contributed by atoms with van der Waals surface area (Å²) in [7, 11) is 1.97. The van der Waals surface area contributed by atoms with Crippen LogP contribution in [0, 0.1) is 0 Å². The molecule has 8 heteroatoms. The van der Waals surface area contributed by atoms with Gasteiger partial charge in [0.2, 0.25) is 0 Å². The van der Waals surface area contributed by atoms with E-state index in [2.05, 4.69) is 26.5 Å². The van der Waals surface area contributed by atoms with E-state index < -0.39 is 11.7 Å². The van der Waals surface area contributed by atoms with Crippen LogP contribution in [-0.4, -0.2) is 62.3 Å². The lowest BCUT2D eigenvalue weighted by molar-refractivity contribution is -0.138. The summed E-state index contributed by atoms with van der Waals surface area (Å²) >= 11 is 6.01. The molecule has 2 saturated heterocycles. The molecule has 2 aromatic carbocycles. The second-order valence-corrected chi connectivity index (χ2v) is 10.0. The Kier molecular flexibility index (Phi) is 7.95. The molecule has 1 unspecified atom stereocenters. The van der Waals surface area contributed by atoms with E-state index in [9.17, 15) is 13.2 Å². The van der Waals surface area contributed by atoms with Crippen LogP contribution in [0.4, 0.5) is 24.5 Å². The van der Waals surface area contributed by atoms with Crippen molar-refractivity contribution < 1.29 is 13.2 Å². The number of anilines is 2. The van der Waals surface area contributed by atoms with Crippen LogP contribution in [0.3, 0.4) is 0 Å². The third-order valence-electron chi connectivity index (χ3n) is 7.03. The average molecular weight is 495 g/mol. The molecular weight excluding hydrogens is 461 g/mol.